The summed E-state index contributed by atoms with van der Waals surface area (Å²) >= 11 is 6.08. The van der Waals surface area contributed by atoms with Crippen LogP contribution in [0.4, 0.5) is 10.1 Å². The Morgan fingerprint density at radius 3 is 2.71 bits per heavy atom. The molecule has 3 rings (SSSR count). The summed E-state index contributed by atoms with van der Waals surface area (Å²) in [5.74, 6) is -1.17. The zero-order valence-electron chi connectivity index (χ0n) is 19.1. The molecule has 0 bridgehead atoms. The van der Waals surface area contributed by atoms with Crippen molar-refractivity contribution in [3.8, 4) is 11.5 Å². The first-order chi connectivity index (χ1) is 16.2. The summed E-state index contributed by atoms with van der Waals surface area (Å²) in [6.45, 7) is 1.94. The minimum atomic E-state index is -0.590. The number of phenolic OH excluding ortho intramolecular Hbond substituents is 1. The van der Waals surface area contributed by atoms with Crippen LogP contribution in [-0.4, -0.2) is 67.7 Å². The molecule has 1 aliphatic rings. The highest BCUT2D eigenvalue weighted by Crippen LogP contribution is 2.29. The number of rotatable bonds is 9. The Morgan fingerprint density at radius 1 is 1.26 bits per heavy atom. The standard InChI is InChI=1S/C24H29ClFN3O5/c1-33-22-12-18(27)17(25)11-16(22)24(32)28-19-7-9-29(13-23(19)34-2)8-3-4-20(30)15-6-5-14(26)10-21(15)31/h5-6,10-12,19,23,31H,3-4,7-9,13,27H2,1-2H3,(H,28,32)/t19-,23+/m1/s1. The van der Waals surface area contributed by atoms with Crippen molar-refractivity contribution in [2.75, 3.05) is 39.6 Å². The van der Waals surface area contributed by atoms with E-state index in [9.17, 15) is 19.1 Å². The van der Waals surface area contributed by atoms with E-state index < -0.39 is 5.82 Å². The number of benzene rings is 2. The van der Waals surface area contributed by atoms with Crippen LogP contribution < -0.4 is 15.8 Å². The fourth-order valence-corrected chi connectivity index (χ4v) is 4.25. The predicted molar refractivity (Wildman–Crippen MR) is 127 cm³/mol. The molecule has 1 saturated heterocycles. The number of Topliss-reactive ketones (excluding diaryl/α,β-unsaturated/α-hetero) is 1. The lowest BCUT2D eigenvalue weighted by molar-refractivity contribution is 0.00605. The van der Waals surface area contributed by atoms with Gasteiger partial charge in [0.15, 0.2) is 5.78 Å². The summed E-state index contributed by atoms with van der Waals surface area (Å²) in [6.07, 6.45) is 1.21. The van der Waals surface area contributed by atoms with Crippen LogP contribution in [0.5, 0.6) is 11.5 Å². The number of amides is 1. The Bertz CT molecular complexity index is 1050. The number of carbonyl (C=O) groups is 2. The van der Waals surface area contributed by atoms with Crippen molar-refractivity contribution in [2.24, 2.45) is 0 Å². The van der Waals surface area contributed by atoms with Crippen molar-refractivity contribution >= 4 is 29.0 Å². The molecular formula is C24H29ClFN3O5. The summed E-state index contributed by atoms with van der Waals surface area (Å²) in [5, 5.41) is 13.1. The maximum atomic E-state index is 13.1. The van der Waals surface area contributed by atoms with Crippen LogP contribution in [0.2, 0.25) is 5.02 Å². The van der Waals surface area contributed by atoms with Crippen LogP contribution in [0.3, 0.4) is 0 Å². The number of hydrogen-bond donors (Lipinski definition) is 3. The highest BCUT2D eigenvalue weighted by Gasteiger charge is 2.31. The number of halogens is 2. The summed E-state index contributed by atoms with van der Waals surface area (Å²) in [7, 11) is 3.05. The Kier molecular flexibility index (Phi) is 8.71. The number of anilines is 1. The average molecular weight is 494 g/mol. The van der Waals surface area contributed by atoms with Crippen LogP contribution in [0.25, 0.3) is 0 Å². The molecule has 0 spiro atoms. The molecule has 10 heteroatoms. The smallest absolute Gasteiger partial charge is 0.255 e. The number of carbonyl (C=O) groups excluding carboxylic acids is 2. The van der Waals surface area contributed by atoms with Crippen LogP contribution in [0, 0.1) is 5.82 Å². The second-order valence-corrected chi connectivity index (χ2v) is 8.61. The SMILES string of the molecule is COc1cc(N)c(Cl)cc1C(=O)N[C@@H]1CCN(CCCC(=O)c2ccc(F)cc2O)C[C@@H]1OC. The second kappa shape index (κ2) is 11.5. The van der Waals surface area contributed by atoms with Crippen molar-refractivity contribution in [1.29, 1.82) is 0 Å². The molecule has 8 nitrogen and oxygen atoms in total. The molecule has 1 fully saturated rings. The normalized spacial score (nSPS) is 18.5. The third-order valence-electron chi connectivity index (χ3n) is 5.96. The van der Waals surface area contributed by atoms with E-state index in [2.05, 4.69) is 10.2 Å². The Labute approximate surface area is 202 Å². The van der Waals surface area contributed by atoms with Gasteiger partial charge in [-0.3, -0.25) is 9.59 Å². The van der Waals surface area contributed by atoms with E-state index in [0.29, 0.717) is 49.5 Å². The molecule has 184 valence electrons. The number of hydrogen-bond acceptors (Lipinski definition) is 7. The highest BCUT2D eigenvalue weighted by atomic mass is 35.5. The highest BCUT2D eigenvalue weighted by molar-refractivity contribution is 6.33. The summed E-state index contributed by atoms with van der Waals surface area (Å²) in [6, 6.07) is 6.17. The molecule has 0 saturated carbocycles. The quantitative estimate of drug-likeness (QED) is 0.363. The van der Waals surface area contributed by atoms with Crippen molar-refractivity contribution in [1.82, 2.24) is 10.2 Å². The zero-order valence-corrected chi connectivity index (χ0v) is 19.9. The van der Waals surface area contributed by atoms with E-state index in [1.165, 1.54) is 25.3 Å². The van der Waals surface area contributed by atoms with E-state index >= 15 is 0 Å². The van der Waals surface area contributed by atoms with Gasteiger partial charge >= 0.3 is 0 Å². The molecule has 1 heterocycles. The molecule has 1 amide bonds. The van der Waals surface area contributed by atoms with E-state index in [-0.39, 0.29) is 46.6 Å². The number of ketones is 1. The van der Waals surface area contributed by atoms with E-state index in [1.807, 2.05) is 0 Å². The largest absolute Gasteiger partial charge is 0.507 e. The van der Waals surface area contributed by atoms with E-state index in [1.54, 1.807) is 7.11 Å². The number of nitrogen functional groups attached to an aromatic ring is 1. The number of methoxy groups -OCH3 is 2. The Hall–Kier alpha value is -2.88. The number of likely N-dealkylation sites (tertiary alicyclic amines) is 1. The molecule has 0 aromatic heterocycles. The number of piperidine rings is 1. The minimum Gasteiger partial charge on any atom is -0.507 e. The van der Waals surface area contributed by atoms with Crippen molar-refractivity contribution < 1.29 is 28.6 Å². The number of nitrogens with one attached hydrogen (secondary N) is 1. The summed E-state index contributed by atoms with van der Waals surface area (Å²) in [4.78, 5) is 27.4. The van der Waals surface area contributed by atoms with Crippen LogP contribution in [0.15, 0.2) is 30.3 Å². The van der Waals surface area contributed by atoms with E-state index in [0.717, 1.165) is 12.1 Å². The third kappa shape index (κ3) is 6.16. The van der Waals surface area contributed by atoms with Crippen LogP contribution >= 0.6 is 11.6 Å². The average Bonchev–Trinajstić information content (AvgIpc) is 2.81. The molecule has 2 aromatic carbocycles. The van der Waals surface area contributed by atoms with Gasteiger partial charge in [-0.15, -0.1) is 0 Å². The molecule has 2 aromatic rings. The van der Waals surface area contributed by atoms with Gasteiger partial charge in [-0.25, -0.2) is 4.39 Å². The molecule has 0 aliphatic carbocycles. The Morgan fingerprint density at radius 2 is 2.03 bits per heavy atom. The molecule has 1 aliphatic heterocycles. The van der Waals surface area contributed by atoms with Gasteiger partial charge in [0.05, 0.1) is 41.1 Å². The lowest BCUT2D eigenvalue weighted by atomic mass is 10.00. The minimum absolute atomic E-state index is 0.121. The van der Waals surface area contributed by atoms with Gasteiger partial charge in [0.2, 0.25) is 0 Å². The van der Waals surface area contributed by atoms with Crippen molar-refractivity contribution in [3.63, 3.8) is 0 Å². The van der Waals surface area contributed by atoms with Gasteiger partial charge in [-0.05, 0) is 37.6 Å². The molecular weight excluding hydrogens is 465 g/mol. The molecule has 4 N–H and O–H groups in total. The lowest BCUT2D eigenvalue weighted by Gasteiger charge is -2.38. The maximum Gasteiger partial charge on any atom is 0.255 e. The van der Waals surface area contributed by atoms with Crippen LogP contribution in [-0.2, 0) is 4.74 Å². The molecule has 0 radical (unpaired) electrons. The lowest BCUT2D eigenvalue weighted by Crippen LogP contribution is -2.54. The van der Waals surface area contributed by atoms with Gasteiger partial charge in [0.1, 0.15) is 17.3 Å². The van der Waals surface area contributed by atoms with Crippen molar-refractivity contribution in [2.45, 2.75) is 31.4 Å². The fourth-order valence-electron chi connectivity index (χ4n) is 4.09. The molecule has 2 atom stereocenters. The first-order valence-electron chi connectivity index (χ1n) is 10.9. The third-order valence-corrected chi connectivity index (χ3v) is 6.29. The fraction of sp³-hybridized carbons (Fsp3) is 0.417. The number of phenols is 1. The number of nitrogens with zero attached hydrogens (tertiary/aromatic N) is 1. The first-order valence-corrected chi connectivity index (χ1v) is 11.3. The number of aromatic hydroxyl groups is 1. The monoisotopic (exact) mass is 493 g/mol. The van der Waals surface area contributed by atoms with Crippen LogP contribution in [0.1, 0.15) is 40.0 Å². The van der Waals surface area contributed by atoms with Gasteiger partial charge in [0.25, 0.3) is 5.91 Å². The second-order valence-electron chi connectivity index (χ2n) is 8.21. The zero-order chi connectivity index (χ0) is 24.8. The first kappa shape index (κ1) is 25.7. The van der Waals surface area contributed by atoms with Gasteiger partial charge < -0.3 is 30.5 Å². The number of ether oxygens (including phenoxy) is 2. The van der Waals surface area contributed by atoms with Gasteiger partial charge in [-0.2, -0.15) is 0 Å². The predicted octanol–water partition coefficient (Wildman–Crippen LogP) is 3.26. The van der Waals surface area contributed by atoms with Crippen molar-refractivity contribution in [3.05, 3.63) is 52.3 Å². The molecule has 34 heavy (non-hydrogen) atoms. The topological polar surface area (TPSA) is 114 Å². The Balaban J connectivity index is 1.53. The molecule has 0 unspecified atom stereocenters. The van der Waals surface area contributed by atoms with Gasteiger partial charge in [-0.1, -0.05) is 11.6 Å². The maximum absolute atomic E-state index is 13.1. The van der Waals surface area contributed by atoms with Gasteiger partial charge in [0, 0.05) is 38.8 Å². The summed E-state index contributed by atoms with van der Waals surface area (Å²) < 4.78 is 24.0. The van der Waals surface area contributed by atoms with E-state index in [4.69, 9.17) is 26.8 Å². The summed E-state index contributed by atoms with van der Waals surface area (Å²) in [5.41, 5.74) is 6.54. The number of nitrogens with two attached hydrogens (primary N) is 1.